The second kappa shape index (κ2) is 7.73. The molecule has 1 aromatic heterocycles. The third-order valence-electron chi connectivity index (χ3n) is 5.74. The fourth-order valence-corrected chi connectivity index (χ4v) is 4.28. The van der Waals surface area contributed by atoms with Crippen LogP contribution >= 0.6 is 0 Å². The van der Waals surface area contributed by atoms with Crippen LogP contribution in [-0.4, -0.2) is 47.8 Å². The fourth-order valence-electron chi connectivity index (χ4n) is 4.28. The number of anilines is 1. The summed E-state index contributed by atoms with van der Waals surface area (Å²) >= 11 is 0. The van der Waals surface area contributed by atoms with Gasteiger partial charge in [0.15, 0.2) is 0 Å². The number of rotatable bonds is 2. The Morgan fingerprint density at radius 3 is 2.26 bits per heavy atom. The zero-order valence-corrected chi connectivity index (χ0v) is 17.8. The maximum Gasteiger partial charge on any atom is 0.416 e. The summed E-state index contributed by atoms with van der Waals surface area (Å²) in [7, 11) is 0. The van der Waals surface area contributed by atoms with Crippen molar-refractivity contribution in [2.75, 3.05) is 31.1 Å². The smallest absolute Gasteiger partial charge is 0.416 e. The van der Waals surface area contributed by atoms with Crippen molar-refractivity contribution in [1.29, 1.82) is 0 Å². The number of aromatic nitrogens is 1. The van der Waals surface area contributed by atoms with Crippen LogP contribution in [0.1, 0.15) is 26.3 Å². The van der Waals surface area contributed by atoms with Crippen LogP contribution in [0, 0.1) is 11.8 Å². The highest BCUT2D eigenvalue weighted by atomic mass is 19.4. The van der Waals surface area contributed by atoms with Gasteiger partial charge >= 0.3 is 12.3 Å². The summed E-state index contributed by atoms with van der Waals surface area (Å²) < 4.78 is 44.4. The molecule has 8 heteroatoms. The van der Waals surface area contributed by atoms with Gasteiger partial charge in [-0.15, -0.1) is 0 Å². The molecule has 2 aromatic rings. The molecule has 2 aliphatic rings. The van der Waals surface area contributed by atoms with E-state index in [2.05, 4.69) is 9.88 Å². The Bertz CT molecular complexity index is 940. The summed E-state index contributed by atoms with van der Waals surface area (Å²) in [6.45, 7) is 8.56. The maximum atomic E-state index is 13.0. The SMILES string of the molecule is CC(C)(C)OC(=O)N1CC2CN(c3ccc(-c4cccc(C(F)(F)F)c4)nc3)CC2C1. The number of benzene rings is 1. The first kappa shape index (κ1) is 21.5. The van der Waals surface area contributed by atoms with Crippen molar-refractivity contribution in [3.8, 4) is 11.3 Å². The molecular weight excluding hydrogens is 407 g/mol. The van der Waals surface area contributed by atoms with E-state index in [0.717, 1.165) is 30.9 Å². The number of ether oxygens (including phenoxy) is 1. The molecule has 3 heterocycles. The molecule has 5 nitrogen and oxygen atoms in total. The van der Waals surface area contributed by atoms with Crippen molar-refractivity contribution in [2.45, 2.75) is 32.5 Å². The van der Waals surface area contributed by atoms with Gasteiger partial charge in [-0.3, -0.25) is 4.98 Å². The van der Waals surface area contributed by atoms with Gasteiger partial charge in [0, 0.05) is 43.6 Å². The number of alkyl halides is 3. The molecule has 2 fully saturated rings. The molecule has 0 N–H and O–H groups in total. The van der Waals surface area contributed by atoms with Crippen molar-refractivity contribution in [3.63, 3.8) is 0 Å². The largest absolute Gasteiger partial charge is 0.444 e. The van der Waals surface area contributed by atoms with Crippen molar-refractivity contribution in [2.24, 2.45) is 11.8 Å². The summed E-state index contributed by atoms with van der Waals surface area (Å²) in [5.41, 5.74) is 0.693. The normalized spacial score (nSPS) is 21.4. The predicted octanol–water partition coefficient (Wildman–Crippen LogP) is 5.07. The number of likely N-dealkylation sites (tertiary alicyclic amines) is 1. The molecule has 4 rings (SSSR count). The van der Waals surface area contributed by atoms with Gasteiger partial charge in [-0.1, -0.05) is 12.1 Å². The number of hydrogen-bond acceptors (Lipinski definition) is 4. The standard InChI is InChI=1S/C23H26F3N3O2/c1-22(2,3)31-21(30)29-13-16-11-28(12-17(16)14-29)19-7-8-20(27-10-19)15-5-4-6-18(9-15)23(24,25)26/h4-10,16-17H,11-14H2,1-3H3. The molecule has 31 heavy (non-hydrogen) atoms. The number of amides is 1. The van der Waals surface area contributed by atoms with Crippen molar-refractivity contribution >= 4 is 11.8 Å². The van der Waals surface area contributed by atoms with E-state index < -0.39 is 17.3 Å². The van der Waals surface area contributed by atoms with Crippen LogP contribution < -0.4 is 4.90 Å². The molecule has 0 radical (unpaired) electrons. The van der Waals surface area contributed by atoms with Crippen LogP contribution in [0.2, 0.25) is 0 Å². The van der Waals surface area contributed by atoms with Gasteiger partial charge in [0.1, 0.15) is 5.60 Å². The number of pyridine rings is 1. The molecule has 1 aromatic carbocycles. The van der Waals surface area contributed by atoms with E-state index in [4.69, 9.17) is 4.74 Å². The zero-order valence-electron chi connectivity index (χ0n) is 17.8. The molecule has 2 saturated heterocycles. The topological polar surface area (TPSA) is 45.7 Å². The first-order chi connectivity index (χ1) is 14.5. The number of fused-ring (bicyclic) bond motifs is 1. The highest BCUT2D eigenvalue weighted by Gasteiger charge is 2.42. The van der Waals surface area contributed by atoms with Crippen LogP contribution in [0.5, 0.6) is 0 Å². The Morgan fingerprint density at radius 1 is 1.03 bits per heavy atom. The second-order valence-electron chi connectivity index (χ2n) is 9.29. The first-order valence-electron chi connectivity index (χ1n) is 10.4. The van der Waals surface area contributed by atoms with Crippen molar-refractivity contribution in [3.05, 3.63) is 48.2 Å². The highest BCUT2D eigenvalue weighted by molar-refractivity contribution is 5.69. The molecule has 166 valence electrons. The van der Waals surface area contributed by atoms with E-state index in [0.29, 0.717) is 36.2 Å². The van der Waals surface area contributed by atoms with Gasteiger partial charge in [-0.05, 0) is 45.0 Å². The van der Waals surface area contributed by atoms with Crippen LogP contribution in [0.4, 0.5) is 23.7 Å². The zero-order chi connectivity index (χ0) is 22.4. The Hall–Kier alpha value is -2.77. The maximum absolute atomic E-state index is 13.0. The molecule has 0 spiro atoms. The molecular formula is C23H26F3N3O2. The minimum atomic E-state index is -4.38. The first-order valence-corrected chi connectivity index (χ1v) is 10.4. The second-order valence-corrected chi connectivity index (χ2v) is 9.29. The van der Waals surface area contributed by atoms with Crippen molar-refractivity contribution in [1.82, 2.24) is 9.88 Å². The van der Waals surface area contributed by atoms with Crippen LogP contribution in [-0.2, 0) is 10.9 Å². The van der Waals surface area contributed by atoms with E-state index in [1.807, 2.05) is 26.8 Å². The minimum absolute atomic E-state index is 0.263. The predicted molar refractivity (Wildman–Crippen MR) is 112 cm³/mol. The minimum Gasteiger partial charge on any atom is -0.444 e. The van der Waals surface area contributed by atoms with Crippen LogP contribution in [0.25, 0.3) is 11.3 Å². The van der Waals surface area contributed by atoms with E-state index in [-0.39, 0.29) is 6.09 Å². The summed E-state index contributed by atoms with van der Waals surface area (Å²) in [5, 5.41) is 0. The quantitative estimate of drug-likeness (QED) is 0.663. The molecule has 0 aliphatic carbocycles. The Kier molecular flexibility index (Phi) is 5.35. The van der Waals surface area contributed by atoms with Crippen molar-refractivity contribution < 1.29 is 22.7 Å². The third kappa shape index (κ3) is 4.78. The van der Waals surface area contributed by atoms with Gasteiger partial charge in [-0.25, -0.2) is 4.79 Å². The van der Waals surface area contributed by atoms with E-state index in [1.165, 1.54) is 6.07 Å². The lowest BCUT2D eigenvalue weighted by Crippen LogP contribution is -2.37. The van der Waals surface area contributed by atoms with Gasteiger partial charge in [0.2, 0.25) is 0 Å². The molecule has 2 aliphatic heterocycles. The number of nitrogens with zero attached hydrogens (tertiary/aromatic N) is 3. The van der Waals surface area contributed by atoms with Crippen LogP contribution in [0.15, 0.2) is 42.6 Å². The van der Waals surface area contributed by atoms with E-state index in [9.17, 15) is 18.0 Å². The molecule has 1 amide bonds. The van der Waals surface area contributed by atoms with Gasteiger partial charge < -0.3 is 14.5 Å². The summed E-state index contributed by atoms with van der Waals surface area (Å²) in [4.78, 5) is 20.7. The molecule has 0 bridgehead atoms. The average Bonchev–Trinajstić information content (AvgIpc) is 3.26. The molecule has 0 saturated carbocycles. The summed E-state index contributed by atoms with van der Waals surface area (Å²) in [6.07, 6.45) is -2.93. The van der Waals surface area contributed by atoms with Gasteiger partial charge in [0.05, 0.1) is 23.1 Å². The van der Waals surface area contributed by atoms with Crippen LogP contribution in [0.3, 0.4) is 0 Å². The summed E-state index contributed by atoms with van der Waals surface area (Å²) in [5.74, 6) is 0.742. The number of halogens is 3. The monoisotopic (exact) mass is 433 g/mol. The van der Waals surface area contributed by atoms with Gasteiger partial charge in [0.25, 0.3) is 0 Å². The number of carbonyl (C=O) groups excluding carboxylic acids is 1. The Morgan fingerprint density at radius 2 is 1.71 bits per heavy atom. The number of hydrogen-bond donors (Lipinski definition) is 0. The summed E-state index contributed by atoms with van der Waals surface area (Å²) in [6, 6.07) is 8.85. The van der Waals surface area contributed by atoms with Gasteiger partial charge in [-0.2, -0.15) is 13.2 Å². The highest BCUT2D eigenvalue weighted by Crippen LogP contribution is 2.35. The molecule has 2 unspecified atom stereocenters. The molecule has 2 atom stereocenters. The Labute approximate surface area is 179 Å². The van der Waals surface area contributed by atoms with E-state index in [1.54, 1.807) is 23.2 Å². The lowest BCUT2D eigenvalue weighted by atomic mass is 10.0. The lowest BCUT2D eigenvalue weighted by Gasteiger charge is -2.26. The number of carbonyl (C=O) groups is 1. The lowest BCUT2D eigenvalue weighted by molar-refractivity contribution is -0.137. The Balaban J connectivity index is 1.39. The average molecular weight is 433 g/mol. The third-order valence-corrected chi connectivity index (χ3v) is 5.74. The fraction of sp³-hybridized carbons (Fsp3) is 0.478. The van der Waals surface area contributed by atoms with E-state index >= 15 is 0 Å².